The molecule has 0 spiro atoms. The van der Waals surface area contributed by atoms with Crippen LogP contribution in [0, 0.1) is 0 Å². The predicted octanol–water partition coefficient (Wildman–Crippen LogP) is 3.95. The van der Waals surface area contributed by atoms with E-state index in [1.165, 1.54) is 18.0 Å². The first-order valence-electron chi connectivity index (χ1n) is 9.28. The Hall–Kier alpha value is -3.24. The number of benzene rings is 1. The van der Waals surface area contributed by atoms with Gasteiger partial charge in [-0.2, -0.15) is 0 Å². The van der Waals surface area contributed by atoms with Crippen molar-refractivity contribution in [2.24, 2.45) is 0 Å². The number of esters is 1. The number of aromatic nitrogens is 2. The second-order valence-electron chi connectivity index (χ2n) is 6.33. The molecule has 11 heteroatoms. The van der Waals surface area contributed by atoms with Crippen LogP contribution in [0.2, 0.25) is 5.02 Å². The summed E-state index contributed by atoms with van der Waals surface area (Å²) >= 11 is 7.15. The lowest BCUT2D eigenvalue weighted by molar-refractivity contribution is -0.139. The maximum Gasteiger partial charge on any atom is 0.338 e. The van der Waals surface area contributed by atoms with E-state index in [4.69, 9.17) is 25.2 Å². The third-order valence-electron chi connectivity index (χ3n) is 4.33. The summed E-state index contributed by atoms with van der Waals surface area (Å²) in [5, 5.41) is 14.2. The van der Waals surface area contributed by atoms with Crippen LogP contribution in [0.25, 0.3) is 11.7 Å². The summed E-state index contributed by atoms with van der Waals surface area (Å²) in [6, 6.07) is 9.16. The topological polar surface area (TPSA) is 119 Å². The molecule has 1 aliphatic rings. The highest BCUT2D eigenvalue weighted by Gasteiger charge is 2.34. The summed E-state index contributed by atoms with van der Waals surface area (Å²) in [5.41, 5.74) is 1.38. The number of ether oxygens (including phenoxy) is 1. The monoisotopic (exact) mass is 460 g/mol. The van der Waals surface area contributed by atoms with Gasteiger partial charge in [0.05, 0.1) is 24.5 Å². The van der Waals surface area contributed by atoms with E-state index in [0.717, 1.165) is 0 Å². The van der Waals surface area contributed by atoms with Crippen molar-refractivity contribution in [3.63, 3.8) is 0 Å². The first-order chi connectivity index (χ1) is 15.0. The van der Waals surface area contributed by atoms with E-state index in [0.29, 0.717) is 27.6 Å². The molecule has 1 atom stereocenters. The van der Waals surface area contributed by atoms with E-state index in [1.807, 2.05) is 0 Å². The van der Waals surface area contributed by atoms with Gasteiger partial charge in [0.1, 0.15) is 0 Å². The molecule has 2 N–H and O–H groups in total. The van der Waals surface area contributed by atoms with Crippen LogP contribution in [0.5, 0.6) is 0 Å². The number of urea groups is 1. The second-order valence-corrected chi connectivity index (χ2v) is 7.70. The maximum absolute atomic E-state index is 12.8. The lowest BCUT2D eigenvalue weighted by Crippen LogP contribution is -2.46. The Bertz CT molecular complexity index is 1110. The average Bonchev–Trinajstić information content (AvgIpc) is 3.44. The van der Waals surface area contributed by atoms with Gasteiger partial charge >= 0.3 is 12.0 Å². The molecule has 3 aromatic rings. The van der Waals surface area contributed by atoms with E-state index in [2.05, 4.69) is 20.8 Å². The number of thioether (sulfide) groups is 1. The molecule has 160 valence electrons. The van der Waals surface area contributed by atoms with Gasteiger partial charge in [-0.05, 0) is 36.8 Å². The molecule has 9 nitrogen and oxygen atoms in total. The number of halogens is 1. The van der Waals surface area contributed by atoms with Crippen molar-refractivity contribution in [1.82, 2.24) is 20.8 Å². The molecule has 0 fully saturated rings. The van der Waals surface area contributed by atoms with Gasteiger partial charge in [0, 0.05) is 16.5 Å². The lowest BCUT2D eigenvalue weighted by Gasteiger charge is -2.29. The zero-order valence-corrected chi connectivity index (χ0v) is 17.8. The number of nitrogens with one attached hydrogen (secondary N) is 2. The molecule has 1 unspecified atom stereocenters. The normalized spacial score (nSPS) is 16.1. The molecule has 0 saturated carbocycles. The van der Waals surface area contributed by atoms with Gasteiger partial charge in [0.15, 0.2) is 5.76 Å². The fourth-order valence-electron chi connectivity index (χ4n) is 2.99. The Morgan fingerprint density at radius 3 is 2.77 bits per heavy atom. The van der Waals surface area contributed by atoms with E-state index < -0.39 is 18.0 Å². The van der Waals surface area contributed by atoms with Gasteiger partial charge in [-0.3, -0.25) is 0 Å². The van der Waals surface area contributed by atoms with Gasteiger partial charge < -0.3 is 24.2 Å². The third-order valence-corrected chi connectivity index (χ3v) is 5.43. The molecule has 0 radical (unpaired) electrons. The number of carbonyl (C=O) groups is 2. The standard InChI is InChI=1S/C20H17ClN4O5S/c1-2-28-18(26)15-13(10-31-20-25-24-17(30-20)14-4-3-9-29-14)22-19(27)23-16(15)11-5-7-12(21)8-6-11/h3-9,16H,2,10H2,1H3,(H2,22,23,27). The Labute approximate surface area is 186 Å². The van der Waals surface area contributed by atoms with Gasteiger partial charge in [-0.1, -0.05) is 35.5 Å². The van der Waals surface area contributed by atoms with Gasteiger partial charge in [0.25, 0.3) is 11.1 Å². The summed E-state index contributed by atoms with van der Waals surface area (Å²) in [5.74, 6) is 0.349. The summed E-state index contributed by atoms with van der Waals surface area (Å²) in [7, 11) is 0. The van der Waals surface area contributed by atoms with Gasteiger partial charge in [0.2, 0.25) is 0 Å². The lowest BCUT2D eigenvalue weighted by atomic mass is 9.95. The minimum Gasteiger partial charge on any atom is -0.463 e. The number of hydrogen-bond acceptors (Lipinski definition) is 8. The van der Waals surface area contributed by atoms with Crippen LogP contribution in [-0.2, 0) is 9.53 Å². The second kappa shape index (κ2) is 9.27. The Morgan fingerprint density at radius 2 is 2.06 bits per heavy atom. The van der Waals surface area contributed by atoms with Crippen molar-refractivity contribution in [3.05, 3.63) is 64.5 Å². The number of carbonyl (C=O) groups excluding carboxylic acids is 2. The van der Waals surface area contributed by atoms with E-state index >= 15 is 0 Å². The zero-order valence-electron chi connectivity index (χ0n) is 16.3. The van der Waals surface area contributed by atoms with Crippen LogP contribution in [0.1, 0.15) is 18.5 Å². The molecule has 0 aliphatic carbocycles. The SMILES string of the molecule is CCOC(=O)C1=C(CSc2nnc(-c3ccco3)o2)NC(=O)NC1c1ccc(Cl)cc1. The predicted molar refractivity (Wildman–Crippen MR) is 112 cm³/mol. The van der Waals surface area contributed by atoms with Crippen LogP contribution in [0.4, 0.5) is 4.79 Å². The number of furan rings is 1. The smallest absolute Gasteiger partial charge is 0.338 e. The fourth-order valence-corrected chi connectivity index (χ4v) is 3.85. The molecule has 0 bridgehead atoms. The first-order valence-corrected chi connectivity index (χ1v) is 10.6. The van der Waals surface area contributed by atoms with E-state index in [1.54, 1.807) is 43.3 Å². The van der Waals surface area contributed by atoms with Crippen LogP contribution in [-0.4, -0.2) is 34.6 Å². The summed E-state index contributed by atoms with van der Waals surface area (Å²) in [6.07, 6.45) is 1.50. The fraction of sp³-hybridized carbons (Fsp3) is 0.200. The molecule has 31 heavy (non-hydrogen) atoms. The van der Waals surface area contributed by atoms with Crippen molar-refractivity contribution >= 4 is 35.4 Å². The molecule has 1 aromatic carbocycles. The Balaban J connectivity index is 1.62. The molecule has 4 rings (SSSR count). The van der Waals surface area contributed by atoms with Crippen LogP contribution in [0.3, 0.4) is 0 Å². The van der Waals surface area contributed by atoms with Gasteiger partial charge in [-0.25, -0.2) is 9.59 Å². The highest BCUT2D eigenvalue weighted by molar-refractivity contribution is 7.99. The third kappa shape index (κ3) is 4.75. The summed E-state index contributed by atoms with van der Waals surface area (Å²) in [4.78, 5) is 25.1. The van der Waals surface area contributed by atoms with Crippen molar-refractivity contribution in [3.8, 4) is 11.7 Å². The molecule has 1 aliphatic heterocycles. The molecule has 2 amide bonds. The van der Waals surface area contributed by atoms with Crippen molar-refractivity contribution in [2.75, 3.05) is 12.4 Å². The van der Waals surface area contributed by atoms with Crippen LogP contribution in [0.15, 0.2) is 68.0 Å². The molecular weight excluding hydrogens is 444 g/mol. The molecule has 0 saturated heterocycles. The van der Waals surface area contributed by atoms with Crippen LogP contribution >= 0.6 is 23.4 Å². The van der Waals surface area contributed by atoms with Crippen molar-refractivity contribution in [2.45, 2.75) is 18.2 Å². The Morgan fingerprint density at radius 1 is 1.26 bits per heavy atom. The highest BCUT2D eigenvalue weighted by atomic mass is 35.5. The Kier molecular flexibility index (Phi) is 6.28. The zero-order chi connectivity index (χ0) is 21.8. The quantitative estimate of drug-likeness (QED) is 0.401. The van der Waals surface area contributed by atoms with Crippen molar-refractivity contribution < 1.29 is 23.2 Å². The summed E-state index contributed by atoms with van der Waals surface area (Å²) < 4.78 is 16.1. The van der Waals surface area contributed by atoms with E-state index in [9.17, 15) is 9.59 Å². The average molecular weight is 461 g/mol. The maximum atomic E-state index is 12.8. The number of amides is 2. The minimum absolute atomic E-state index is 0.195. The summed E-state index contributed by atoms with van der Waals surface area (Å²) in [6.45, 7) is 1.91. The number of rotatable bonds is 7. The number of hydrogen-bond donors (Lipinski definition) is 2. The first kappa shape index (κ1) is 21.0. The van der Waals surface area contributed by atoms with E-state index in [-0.39, 0.29) is 23.5 Å². The molecule has 2 aromatic heterocycles. The van der Waals surface area contributed by atoms with Crippen molar-refractivity contribution in [1.29, 1.82) is 0 Å². The largest absolute Gasteiger partial charge is 0.463 e. The molecule has 3 heterocycles. The minimum atomic E-state index is -0.693. The van der Waals surface area contributed by atoms with Gasteiger partial charge in [-0.15, -0.1) is 10.2 Å². The van der Waals surface area contributed by atoms with Crippen LogP contribution < -0.4 is 10.6 Å². The molecular formula is C20H17ClN4O5S. The number of nitrogens with zero attached hydrogens (tertiary/aromatic N) is 2. The highest BCUT2D eigenvalue weighted by Crippen LogP contribution is 2.31.